The first-order valence-electron chi connectivity index (χ1n) is 4.70. The molecule has 0 aromatic heterocycles. The number of ether oxygens (including phenoxy) is 1. The van der Waals surface area contributed by atoms with E-state index in [9.17, 15) is 4.79 Å². The number of halogens is 1. The van der Waals surface area contributed by atoms with Crippen LogP contribution in [0.5, 0.6) is 5.75 Å². The molecular formula is C12H13BrO2. The molecule has 0 unspecified atom stereocenters. The van der Waals surface area contributed by atoms with Crippen LogP contribution in [-0.4, -0.2) is 13.4 Å². The number of carbonyl (C=O) groups excluding carboxylic acids is 1. The van der Waals surface area contributed by atoms with Gasteiger partial charge in [0.25, 0.3) is 0 Å². The van der Waals surface area contributed by atoms with Crippen LogP contribution in [0.15, 0.2) is 28.2 Å². The second-order valence-electron chi connectivity index (χ2n) is 3.08. The van der Waals surface area contributed by atoms with Gasteiger partial charge in [0.05, 0.1) is 7.11 Å². The molecule has 0 saturated heterocycles. The van der Waals surface area contributed by atoms with Gasteiger partial charge in [-0.05, 0) is 36.3 Å². The highest BCUT2D eigenvalue weighted by atomic mass is 79.9. The SMILES string of the molecule is CCC(C=O)=Cc1cc(Br)ccc1OC. The Morgan fingerprint density at radius 1 is 1.53 bits per heavy atom. The monoisotopic (exact) mass is 268 g/mol. The van der Waals surface area contributed by atoms with Gasteiger partial charge in [-0.2, -0.15) is 0 Å². The summed E-state index contributed by atoms with van der Waals surface area (Å²) >= 11 is 3.39. The number of methoxy groups -OCH3 is 1. The molecule has 3 heteroatoms. The molecule has 1 rings (SSSR count). The molecule has 1 aromatic rings. The lowest BCUT2D eigenvalue weighted by Gasteiger charge is -2.05. The number of rotatable bonds is 4. The fourth-order valence-corrected chi connectivity index (χ4v) is 1.62. The maximum atomic E-state index is 10.7. The standard InChI is InChI=1S/C12H13BrO2/c1-3-9(8-14)6-10-7-11(13)4-5-12(10)15-2/h4-8H,3H2,1-2H3. The molecule has 0 aliphatic carbocycles. The first-order valence-corrected chi connectivity index (χ1v) is 5.49. The summed E-state index contributed by atoms with van der Waals surface area (Å²) < 4.78 is 6.18. The van der Waals surface area contributed by atoms with Crippen molar-refractivity contribution in [3.05, 3.63) is 33.8 Å². The second-order valence-corrected chi connectivity index (χ2v) is 3.99. The van der Waals surface area contributed by atoms with Crippen molar-refractivity contribution in [2.45, 2.75) is 13.3 Å². The Morgan fingerprint density at radius 3 is 2.80 bits per heavy atom. The van der Waals surface area contributed by atoms with E-state index in [1.54, 1.807) is 7.11 Å². The molecule has 0 fully saturated rings. The molecule has 0 spiro atoms. The van der Waals surface area contributed by atoms with Crippen LogP contribution in [0.1, 0.15) is 18.9 Å². The summed E-state index contributed by atoms with van der Waals surface area (Å²) in [5.74, 6) is 0.769. The summed E-state index contributed by atoms with van der Waals surface area (Å²) in [5, 5.41) is 0. The Hall–Kier alpha value is -1.09. The van der Waals surface area contributed by atoms with Gasteiger partial charge in [0.2, 0.25) is 0 Å². The van der Waals surface area contributed by atoms with Gasteiger partial charge in [-0.15, -0.1) is 0 Å². The van der Waals surface area contributed by atoms with E-state index in [2.05, 4.69) is 15.9 Å². The number of benzene rings is 1. The molecule has 0 radical (unpaired) electrons. The number of aldehydes is 1. The van der Waals surface area contributed by atoms with Crippen LogP contribution in [-0.2, 0) is 4.79 Å². The van der Waals surface area contributed by atoms with Crippen molar-refractivity contribution in [3.63, 3.8) is 0 Å². The van der Waals surface area contributed by atoms with Gasteiger partial charge < -0.3 is 4.74 Å². The quantitative estimate of drug-likeness (QED) is 0.618. The Balaban J connectivity index is 3.16. The van der Waals surface area contributed by atoms with E-state index in [-0.39, 0.29) is 0 Å². The lowest BCUT2D eigenvalue weighted by atomic mass is 10.1. The van der Waals surface area contributed by atoms with E-state index in [0.717, 1.165) is 34.1 Å². The number of carbonyl (C=O) groups is 1. The largest absolute Gasteiger partial charge is 0.496 e. The predicted octanol–water partition coefficient (Wildman–Crippen LogP) is 3.45. The Labute approximate surface area is 98.1 Å². The van der Waals surface area contributed by atoms with Gasteiger partial charge in [-0.3, -0.25) is 4.79 Å². The molecule has 80 valence electrons. The molecule has 0 amide bonds. The van der Waals surface area contributed by atoms with Crippen LogP contribution in [0.3, 0.4) is 0 Å². The van der Waals surface area contributed by atoms with Crippen molar-refractivity contribution >= 4 is 28.3 Å². The fraction of sp³-hybridized carbons (Fsp3) is 0.250. The zero-order chi connectivity index (χ0) is 11.3. The van der Waals surface area contributed by atoms with Crippen LogP contribution in [0, 0.1) is 0 Å². The molecule has 0 atom stereocenters. The molecule has 0 bridgehead atoms. The summed E-state index contributed by atoms with van der Waals surface area (Å²) in [5.41, 5.74) is 1.67. The minimum absolute atomic E-state index is 0.721. The zero-order valence-corrected chi connectivity index (χ0v) is 10.4. The highest BCUT2D eigenvalue weighted by Gasteiger charge is 2.02. The van der Waals surface area contributed by atoms with E-state index >= 15 is 0 Å². The highest BCUT2D eigenvalue weighted by Crippen LogP contribution is 2.25. The average molecular weight is 269 g/mol. The molecule has 0 aliphatic rings. The molecule has 15 heavy (non-hydrogen) atoms. The summed E-state index contributed by atoms with van der Waals surface area (Å²) in [6.45, 7) is 1.95. The van der Waals surface area contributed by atoms with Crippen molar-refractivity contribution < 1.29 is 9.53 Å². The predicted molar refractivity (Wildman–Crippen MR) is 65.0 cm³/mol. The van der Waals surface area contributed by atoms with Gasteiger partial charge in [0.15, 0.2) is 0 Å². The van der Waals surface area contributed by atoms with Crippen molar-refractivity contribution in [2.75, 3.05) is 7.11 Å². The van der Waals surface area contributed by atoms with E-state index in [4.69, 9.17) is 4.74 Å². The Kier molecular flexibility index (Phi) is 4.56. The maximum Gasteiger partial charge on any atom is 0.146 e. The minimum atomic E-state index is 0.721. The van der Waals surface area contributed by atoms with Crippen molar-refractivity contribution in [1.82, 2.24) is 0 Å². The first-order chi connectivity index (χ1) is 7.21. The fourth-order valence-electron chi connectivity index (χ4n) is 1.24. The molecular weight excluding hydrogens is 256 g/mol. The van der Waals surface area contributed by atoms with Gasteiger partial charge in [-0.25, -0.2) is 0 Å². The third-order valence-corrected chi connectivity index (χ3v) is 2.59. The van der Waals surface area contributed by atoms with Crippen LogP contribution >= 0.6 is 15.9 Å². The third-order valence-electron chi connectivity index (χ3n) is 2.09. The molecule has 0 heterocycles. The van der Waals surface area contributed by atoms with Gasteiger partial charge >= 0.3 is 0 Å². The summed E-state index contributed by atoms with van der Waals surface area (Å²) in [6, 6.07) is 5.70. The van der Waals surface area contributed by atoms with Crippen molar-refractivity contribution in [2.24, 2.45) is 0 Å². The lowest BCUT2D eigenvalue weighted by Crippen LogP contribution is -1.89. The number of hydrogen-bond acceptors (Lipinski definition) is 2. The van der Waals surface area contributed by atoms with Crippen LogP contribution < -0.4 is 4.74 Å². The van der Waals surface area contributed by atoms with Gasteiger partial charge in [0, 0.05) is 10.0 Å². The number of hydrogen-bond donors (Lipinski definition) is 0. The summed E-state index contributed by atoms with van der Waals surface area (Å²) in [7, 11) is 1.62. The topological polar surface area (TPSA) is 26.3 Å². The molecule has 2 nitrogen and oxygen atoms in total. The van der Waals surface area contributed by atoms with Crippen LogP contribution in [0.25, 0.3) is 6.08 Å². The van der Waals surface area contributed by atoms with Crippen molar-refractivity contribution in [3.8, 4) is 5.75 Å². The normalized spacial score (nSPS) is 11.3. The molecule has 0 N–H and O–H groups in total. The maximum absolute atomic E-state index is 10.7. The Morgan fingerprint density at radius 2 is 2.27 bits per heavy atom. The summed E-state index contributed by atoms with van der Waals surface area (Å²) in [6.07, 6.45) is 3.44. The average Bonchev–Trinajstić information content (AvgIpc) is 2.26. The third kappa shape index (κ3) is 3.20. The molecule has 0 saturated carbocycles. The van der Waals surface area contributed by atoms with Crippen molar-refractivity contribution in [1.29, 1.82) is 0 Å². The van der Waals surface area contributed by atoms with Gasteiger partial charge in [-0.1, -0.05) is 22.9 Å². The molecule has 1 aromatic carbocycles. The zero-order valence-electron chi connectivity index (χ0n) is 8.79. The highest BCUT2D eigenvalue weighted by molar-refractivity contribution is 9.10. The van der Waals surface area contributed by atoms with E-state index in [1.165, 1.54) is 0 Å². The second kappa shape index (κ2) is 5.71. The van der Waals surface area contributed by atoms with Crippen LogP contribution in [0.2, 0.25) is 0 Å². The van der Waals surface area contributed by atoms with E-state index < -0.39 is 0 Å². The first kappa shape index (κ1) is 12.0. The lowest BCUT2D eigenvalue weighted by molar-refractivity contribution is -0.104. The van der Waals surface area contributed by atoms with Crippen LogP contribution in [0.4, 0.5) is 0 Å². The minimum Gasteiger partial charge on any atom is -0.496 e. The molecule has 0 aliphatic heterocycles. The number of allylic oxidation sites excluding steroid dienone is 1. The Bertz CT molecular complexity index is 383. The van der Waals surface area contributed by atoms with E-state index in [1.807, 2.05) is 31.2 Å². The van der Waals surface area contributed by atoms with Gasteiger partial charge in [0.1, 0.15) is 12.0 Å². The summed E-state index contributed by atoms with van der Waals surface area (Å²) in [4.78, 5) is 10.7. The smallest absolute Gasteiger partial charge is 0.146 e. The van der Waals surface area contributed by atoms with E-state index in [0.29, 0.717) is 0 Å².